The summed E-state index contributed by atoms with van der Waals surface area (Å²) < 4.78 is 42.1. The number of amides is 2. The zero-order valence-corrected chi connectivity index (χ0v) is 23.6. The molecule has 0 aliphatic carbocycles. The monoisotopic (exact) mass is 553 g/mol. The van der Waals surface area contributed by atoms with E-state index in [1.165, 1.54) is 41.3 Å². The fourth-order valence-electron chi connectivity index (χ4n) is 3.97. The van der Waals surface area contributed by atoms with Crippen LogP contribution in [0.1, 0.15) is 38.8 Å². The van der Waals surface area contributed by atoms with Gasteiger partial charge in [-0.05, 0) is 66.8 Å². The number of aryl methyl sites for hydroxylation is 1. The average molecular weight is 554 g/mol. The lowest BCUT2D eigenvalue weighted by atomic mass is 10.1. The molecule has 3 aromatic carbocycles. The molecule has 0 fully saturated rings. The minimum Gasteiger partial charge on any atom is -0.354 e. The van der Waals surface area contributed by atoms with Crippen molar-refractivity contribution in [3.05, 3.63) is 95.8 Å². The Bertz CT molecular complexity index is 1350. The quantitative estimate of drug-likeness (QED) is 0.350. The molecule has 0 spiro atoms. The Balaban J connectivity index is 1.99. The smallest absolute Gasteiger partial charge is 0.264 e. The van der Waals surface area contributed by atoms with Gasteiger partial charge >= 0.3 is 0 Å². The summed E-state index contributed by atoms with van der Waals surface area (Å²) in [7, 11) is -4.11. The van der Waals surface area contributed by atoms with E-state index in [-0.39, 0.29) is 23.3 Å². The molecule has 9 heteroatoms. The third-order valence-electron chi connectivity index (χ3n) is 6.36. The minimum absolute atomic E-state index is 0.00335. The summed E-state index contributed by atoms with van der Waals surface area (Å²) in [6.45, 7) is 7.43. The summed E-state index contributed by atoms with van der Waals surface area (Å²) in [4.78, 5) is 28.2. The molecule has 0 aliphatic rings. The Morgan fingerprint density at radius 1 is 0.872 bits per heavy atom. The first kappa shape index (κ1) is 29.8. The highest BCUT2D eigenvalue weighted by molar-refractivity contribution is 7.92. The van der Waals surface area contributed by atoms with Crippen LogP contribution in [-0.2, 0) is 32.6 Å². The fourth-order valence-corrected chi connectivity index (χ4v) is 5.40. The van der Waals surface area contributed by atoms with Crippen LogP contribution in [0.5, 0.6) is 0 Å². The lowest BCUT2D eigenvalue weighted by Crippen LogP contribution is -2.51. The predicted molar refractivity (Wildman–Crippen MR) is 151 cm³/mol. The lowest BCUT2D eigenvalue weighted by molar-refractivity contribution is -0.139. The number of hydrogen-bond donors (Lipinski definition) is 1. The zero-order chi connectivity index (χ0) is 28.6. The van der Waals surface area contributed by atoms with E-state index in [0.717, 1.165) is 16.3 Å². The molecule has 3 aromatic rings. The van der Waals surface area contributed by atoms with E-state index in [0.29, 0.717) is 17.8 Å². The van der Waals surface area contributed by atoms with Crippen LogP contribution in [0, 0.1) is 11.7 Å². The first-order chi connectivity index (χ1) is 18.5. The number of nitrogens with zero attached hydrogens (tertiary/aromatic N) is 2. The SMILES string of the molecule is CCc1ccc(N(CC(=O)N(Cc2ccc(F)cc2)[C@@H](C)C(=O)NCC(C)C)S(=O)(=O)c2ccccc2)cc1. The Labute approximate surface area is 230 Å². The highest BCUT2D eigenvalue weighted by atomic mass is 32.2. The van der Waals surface area contributed by atoms with Gasteiger partial charge in [0.05, 0.1) is 10.6 Å². The van der Waals surface area contributed by atoms with Gasteiger partial charge in [0.1, 0.15) is 18.4 Å². The van der Waals surface area contributed by atoms with Crippen molar-refractivity contribution in [2.45, 2.75) is 51.6 Å². The van der Waals surface area contributed by atoms with Gasteiger partial charge in [-0.1, -0.05) is 63.2 Å². The molecule has 3 rings (SSSR count). The number of benzene rings is 3. The van der Waals surface area contributed by atoms with Gasteiger partial charge in [-0.15, -0.1) is 0 Å². The van der Waals surface area contributed by atoms with Crippen LogP contribution in [0.25, 0.3) is 0 Å². The first-order valence-electron chi connectivity index (χ1n) is 13.0. The van der Waals surface area contributed by atoms with Crippen LogP contribution in [0.15, 0.2) is 83.8 Å². The van der Waals surface area contributed by atoms with E-state index in [2.05, 4.69) is 5.32 Å². The number of hydrogen-bond acceptors (Lipinski definition) is 4. The number of sulfonamides is 1. The Morgan fingerprint density at radius 3 is 2.03 bits per heavy atom. The number of rotatable bonds is 12. The summed E-state index contributed by atoms with van der Waals surface area (Å²) in [5, 5.41) is 2.84. The number of anilines is 1. The molecule has 2 amide bonds. The van der Waals surface area contributed by atoms with E-state index in [9.17, 15) is 22.4 Å². The Kier molecular flexibility index (Phi) is 10.2. The predicted octanol–water partition coefficient (Wildman–Crippen LogP) is 4.77. The molecule has 1 N–H and O–H groups in total. The van der Waals surface area contributed by atoms with Crippen LogP contribution in [0.3, 0.4) is 0 Å². The molecular formula is C30H36FN3O4S. The molecule has 0 unspecified atom stereocenters. The standard InChI is InChI=1S/C30H36FN3O4S/c1-5-24-13-17-27(18-14-24)34(39(37,38)28-9-7-6-8-10-28)21-29(35)33(20-25-11-15-26(31)16-12-25)23(4)30(36)32-19-22(2)3/h6-18,22-23H,5,19-21H2,1-4H3,(H,32,36)/t23-/m0/s1. The van der Waals surface area contributed by atoms with Crippen molar-refractivity contribution in [1.29, 1.82) is 0 Å². The molecule has 7 nitrogen and oxygen atoms in total. The number of carbonyl (C=O) groups excluding carboxylic acids is 2. The second kappa shape index (κ2) is 13.4. The zero-order valence-electron chi connectivity index (χ0n) is 22.8. The Hall–Kier alpha value is -3.72. The van der Waals surface area contributed by atoms with Gasteiger partial charge in [-0.2, -0.15) is 0 Å². The van der Waals surface area contributed by atoms with Crippen LogP contribution in [0.2, 0.25) is 0 Å². The minimum atomic E-state index is -4.11. The summed E-state index contributed by atoms with van der Waals surface area (Å²) >= 11 is 0. The van der Waals surface area contributed by atoms with E-state index in [1.54, 1.807) is 37.3 Å². The highest BCUT2D eigenvalue weighted by Gasteiger charge is 2.32. The topological polar surface area (TPSA) is 86.8 Å². The molecule has 0 aliphatic heterocycles. The molecule has 0 saturated heterocycles. The van der Waals surface area contributed by atoms with Crippen molar-refractivity contribution in [3.8, 4) is 0 Å². The maximum atomic E-state index is 13.8. The third kappa shape index (κ3) is 7.89. The first-order valence-corrected chi connectivity index (χ1v) is 14.4. The molecule has 0 radical (unpaired) electrons. The third-order valence-corrected chi connectivity index (χ3v) is 8.15. The molecule has 1 atom stereocenters. The van der Waals surface area contributed by atoms with Crippen molar-refractivity contribution in [2.24, 2.45) is 5.92 Å². The average Bonchev–Trinajstić information content (AvgIpc) is 2.94. The maximum Gasteiger partial charge on any atom is 0.264 e. The van der Waals surface area contributed by atoms with E-state index < -0.39 is 34.3 Å². The summed E-state index contributed by atoms with van der Waals surface area (Å²) in [6, 6.07) is 19.7. The van der Waals surface area contributed by atoms with E-state index in [4.69, 9.17) is 0 Å². The maximum absolute atomic E-state index is 13.8. The van der Waals surface area contributed by atoms with E-state index >= 15 is 0 Å². The van der Waals surface area contributed by atoms with Crippen LogP contribution >= 0.6 is 0 Å². The van der Waals surface area contributed by atoms with Gasteiger partial charge < -0.3 is 10.2 Å². The molecule has 208 valence electrons. The van der Waals surface area contributed by atoms with Crippen LogP contribution in [0.4, 0.5) is 10.1 Å². The summed E-state index contributed by atoms with van der Waals surface area (Å²) in [5.74, 6) is -1.13. The molecule has 39 heavy (non-hydrogen) atoms. The molecule has 0 aromatic heterocycles. The van der Waals surface area contributed by atoms with Crippen molar-refractivity contribution in [3.63, 3.8) is 0 Å². The van der Waals surface area contributed by atoms with Gasteiger partial charge in [0.15, 0.2) is 0 Å². The highest BCUT2D eigenvalue weighted by Crippen LogP contribution is 2.25. The van der Waals surface area contributed by atoms with Crippen LogP contribution < -0.4 is 9.62 Å². The number of carbonyl (C=O) groups is 2. The molecule has 0 saturated carbocycles. The molecule has 0 bridgehead atoms. The van der Waals surface area contributed by atoms with Gasteiger partial charge in [-0.25, -0.2) is 12.8 Å². The largest absolute Gasteiger partial charge is 0.354 e. The van der Waals surface area contributed by atoms with Crippen molar-refractivity contribution < 1.29 is 22.4 Å². The van der Waals surface area contributed by atoms with Crippen molar-refractivity contribution >= 4 is 27.5 Å². The second-order valence-electron chi connectivity index (χ2n) is 9.81. The second-order valence-corrected chi connectivity index (χ2v) is 11.7. The normalized spacial score (nSPS) is 12.2. The molecule has 0 heterocycles. The van der Waals surface area contributed by atoms with E-state index in [1.807, 2.05) is 32.9 Å². The number of halogens is 1. The number of nitrogens with one attached hydrogen (secondary N) is 1. The lowest BCUT2D eigenvalue weighted by Gasteiger charge is -2.32. The van der Waals surface area contributed by atoms with Gasteiger partial charge in [0.25, 0.3) is 10.0 Å². The summed E-state index contributed by atoms with van der Waals surface area (Å²) in [5.41, 5.74) is 1.97. The van der Waals surface area contributed by atoms with Crippen LogP contribution in [-0.4, -0.2) is 44.3 Å². The van der Waals surface area contributed by atoms with Crippen molar-refractivity contribution in [2.75, 3.05) is 17.4 Å². The van der Waals surface area contributed by atoms with Gasteiger partial charge in [0.2, 0.25) is 11.8 Å². The van der Waals surface area contributed by atoms with Gasteiger partial charge in [-0.3, -0.25) is 13.9 Å². The van der Waals surface area contributed by atoms with Crippen molar-refractivity contribution in [1.82, 2.24) is 10.2 Å². The van der Waals surface area contributed by atoms with Gasteiger partial charge in [0, 0.05) is 13.1 Å². The molecular weight excluding hydrogens is 517 g/mol. The summed E-state index contributed by atoms with van der Waals surface area (Å²) in [6.07, 6.45) is 0.777. The Morgan fingerprint density at radius 2 is 1.46 bits per heavy atom. The fraction of sp³-hybridized carbons (Fsp3) is 0.333.